The summed E-state index contributed by atoms with van der Waals surface area (Å²) >= 11 is 0. The van der Waals surface area contributed by atoms with E-state index in [1.54, 1.807) is 0 Å². The smallest absolute Gasteiger partial charge is 0.264 e. The molecule has 0 radical (unpaired) electrons. The summed E-state index contributed by atoms with van der Waals surface area (Å²) < 4.78 is 36.9. The van der Waals surface area contributed by atoms with Crippen molar-refractivity contribution >= 4 is 27.6 Å². The summed E-state index contributed by atoms with van der Waals surface area (Å²) in [5.74, 6) is -0.126. The largest absolute Gasteiger partial charge is 0.481 e. The number of carbonyl (C=O) groups excluding carboxylic acids is 1. The first-order valence-electron chi connectivity index (χ1n) is 6.71. The molecule has 10 heteroatoms. The second-order valence-electron chi connectivity index (χ2n) is 4.59. The van der Waals surface area contributed by atoms with Gasteiger partial charge in [-0.05, 0) is 24.3 Å². The van der Waals surface area contributed by atoms with E-state index in [2.05, 4.69) is 20.0 Å². The lowest BCUT2D eigenvalue weighted by molar-refractivity contribution is -0.114. The number of hydrogen-bond donors (Lipinski definition) is 2. The Bertz CT molecular complexity index is 814. The van der Waals surface area contributed by atoms with Crippen LogP contribution in [-0.4, -0.2) is 38.5 Å². The van der Waals surface area contributed by atoms with Crippen LogP contribution in [0.2, 0.25) is 0 Å². The van der Waals surface area contributed by atoms with E-state index >= 15 is 0 Å². The van der Waals surface area contributed by atoms with Crippen molar-refractivity contribution in [2.45, 2.75) is 11.8 Å². The van der Waals surface area contributed by atoms with Gasteiger partial charge in [-0.2, -0.15) is 9.97 Å². The minimum Gasteiger partial charge on any atom is -0.481 e. The molecule has 24 heavy (non-hydrogen) atoms. The molecule has 1 aromatic heterocycles. The second kappa shape index (κ2) is 7.13. The van der Waals surface area contributed by atoms with E-state index in [0.29, 0.717) is 5.69 Å². The van der Waals surface area contributed by atoms with Gasteiger partial charge in [0.2, 0.25) is 23.6 Å². The van der Waals surface area contributed by atoms with Gasteiger partial charge >= 0.3 is 0 Å². The number of carbonyl (C=O) groups is 1. The average molecular weight is 352 g/mol. The molecule has 0 unspecified atom stereocenters. The van der Waals surface area contributed by atoms with E-state index in [9.17, 15) is 13.2 Å². The minimum absolute atomic E-state index is 0.0120. The van der Waals surface area contributed by atoms with E-state index in [-0.39, 0.29) is 28.5 Å². The van der Waals surface area contributed by atoms with Crippen LogP contribution in [0.3, 0.4) is 0 Å². The van der Waals surface area contributed by atoms with Crippen LogP contribution >= 0.6 is 0 Å². The Morgan fingerprint density at radius 3 is 2.04 bits per heavy atom. The monoisotopic (exact) mass is 352 g/mol. The number of nitrogens with zero attached hydrogens (tertiary/aromatic N) is 2. The summed E-state index contributed by atoms with van der Waals surface area (Å²) in [7, 11) is -1.13. The van der Waals surface area contributed by atoms with Crippen LogP contribution in [0.4, 0.5) is 11.6 Å². The van der Waals surface area contributed by atoms with Crippen molar-refractivity contribution < 1.29 is 22.7 Å². The molecule has 0 atom stereocenters. The number of ether oxygens (including phenoxy) is 2. The molecule has 2 aromatic rings. The first-order valence-corrected chi connectivity index (χ1v) is 8.20. The normalized spacial score (nSPS) is 10.8. The van der Waals surface area contributed by atoms with Gasteiger partial charge in [0.1, 0.15) is 0 Å². The van der Waals surface area contributed by atoms with Crippen molar-refractivity contribution in [1.29, 1.82) is 0 Å². The number of sulfonamides is 1. The topological polar surface area (TPSA) is 120 Å². The SMILES string of the molecule is COc1cc(OC)nc(NS(=O)(=O)c2ccc(NC(C)=O)cc2)n1. The molecule has 9 nitrogen and oxygen atoms in total. The standard InChI is InChI=1S/C14H16N4O5S/c1-9(19)15-10-4-6-11(7-5-10)24(20,21)18-14-16-12(22-2)8-13(17-14)23-3/h4-8H,1-3H3,(H,15,19)(H,16,17,18). The molecule has 0 aliphatic heterocycles. The van der Waals surface area contributed by atoms with Crippen LogP contribution < -0.4 is 19.5 Å². The molecule has 0 saturated heterocycles. The maximum Gasteiger partial charge on any atom is 0.264 e. The highest BCUT2D eigenvalue weighted by molar-refractivity contribution is 7.92. The predicted octanol–water partition coefficient (Wildman–Crippen LogP) is 1.25. The van der Waals surface area contributed by atoms with Gasteiger partial charge in [0.25, 0.3) is 10.0 Å². The van der Waals surface area contributed by atoms with E-state index in [1.165, 1.54) is 51.5 Å². The number of benzene rings is 1. The molecule has 128 valence electrons. The van der Waals surface area contributed by atoms with Crippen molar-refractivity contribution in [3.05, 3.63) is 30.3 Å². The van der Waals surface area contributed by atoms with Crippen LogP contribution in [0.5, 0.6) is 11.8 Å². The number of hydrogen-bond acceptors (Lipinski definition) is 7. The molecule has 1 heterocycles. The zero-order valence-corrected chi connectivity index (χ0v) is 14.0. The van der Waals surface area contributed by atoms with Gasteiger partial charge < -0.3 is 14.8 Å². The van der Waals surface area contributed by atoms with Gasteiger partial charge in [-0.15, -0.1) is 0 Å². The summed E-state index contributed by atoms with van der Waals surface area (Å²) in [5.41, 5.74) is 0.487. The lowest BCUT2D eigenvalue weighted by Crippen LogP contribution is -2.15. The van der Waals surface area contributed by atoms with Crippen LogP contribution in [0.25, 0.3) is 0 Å². The van der Waals surface area contributed by atoms with Gasteiger partial charge in [0, 0.05) is 12.6 Å². The fourth-order valence-electron chi connectivity index (χ4n) is 1.76. The Labute approximate surface area is 139 Å². The molecule has 0 bridgehead atoms. The average Bonchev–Trinajstić information content (AvgIpc) is 2.54. The lowest BCUT2D eigenvalue weighted by atomic mass is 10.3. The highest BCUT2D eigenvalue weighted by Crippen LogP contribution is 2.21. The fraction of sp³-hybridized carbons (Fsp3) is 0.214. The molecule has 0 saturated carbocycles. The van der Waals surface area contributed by atoms with Crippen LogP contribution in [-0.2, 0) is 14.8 Å². The fourth-order valence-corrected chi connectivity index (χ4v) is 2.70. The summed E-state index contributed by atoms with van der Waals surface area (Å²) in [6.07, 6.45) is 0. The quantitative estimate of drug-likeness (QED) is 0.803. The van der Waals surface area contributed by atoms with E-state index in [0.717, 1.165) is 0 Å². The Morgan fingerprint density at radius 2 is 1.58 bits per heavy atom. The minimum atomic E-state index is -3.91. The van der Waals surface area contributed by atoms with Crippen molar-refractivity contribution in [3.63, 3.8) is 0 Å². The van der Waals surface area contributed by atoms with Crippen molar-refractivity contribution in [1.82, 2.24) is 9.97 Å². The molecule has 2 rings (SSSR count). The molecule has 0 aliphatic carbocycles. The number of anilines is 2. The highest BCUT2D eigenvalue weighted by Gasteiger charge is 2.17. The van der Waals surface area contributed by atoms with E-state index < -0.39 is 10.0 Å². The molecule has 1 aromatic carbocycles. The van der Waals surface area contributed by atoms with Crippen molar-refractivity contribution in [2.75, 3.05) is 24.3 Å². The third-order valence-corrected chi connectivity index (χ3v) is 4.15. The zero-order valence-electron chi connectivity index (χ0n) is 13.2. The maximum absolute atomic E-state index is 12.4. The second-order valence-corrected chi connectivity index (χ2v) is 6.27. The molecule has 1 amide bonds. The molecule has 0 aliphatic rings. The Kier molecular flexibility index (Phi) is 5.19. The van der Waals surface area contributed by atoms with Gasteiger partial charge in [0.15, 0.2) is 0 Å². The van der Waals surface area contributed by atoms with Gasteiger partial charge in [0.05, 0.1) is 25.2 Å². The Morgan fingerprint density at radius 1 is 1.04 bits per heavy atom. The first kappa shape index (κ1) is 17.5. The lowest BCUT2D eigenvalue weighted by Gasteiger charge is -2.10. The Hall–Kier alpha value is -2.88. The number of amides is 1. The molecule has 0 spiro atoms. The summed E-state index contributed by atoms with van der Waals surface area (Å²) in [4.78, 5) is 18.8. The van der Waals surface area contributed by atoms with Gasteiger partial charge in [-0.25, -0.2) is 13.1 Å². The van der Waals surface area contributed by atoms with Crippen LogP contribution in [0.15, 0.2) is 35.2 Å². The van der Waals surface area contributed by atoms with Gasteiger partial charge in [-0.1, -0.05) is 0 Å². The van der Waals surface area contributed by atoms with E-state index in [4.69, 9.17) is 9.47 Å². The third-order valence-electron chi connectivity index (χ3n) is 2.81. The van der Waals surface area contributed by atoms with Crippen LogP contribution in [0.1, 0.15) is 6.92 Å². The van der Waals surface area contributed by atoms with Gasteiger partial charge in [-0.3, -0.25) is 4.79 Å². The predicted molar refractivity (Wildman–Crippen MR) is 86.7 cm³/mol. The number of nitrogens with one attached hydrogen (secondary N) is 2. The first-order chi connectivity index (χ1) is 11.3. The Balaban J connectivity index is 2.26. The molecule has 2 N–H and O–H groups in total. The summed E-state index contributed by atoms with van der Waals surface area (Å²) in [5, 5.41) is 2.55. The zero-order chi connectivity index (χ0) is 17.7. The highest BCUT2D eigenvalue weighted by atomic mass is 32.2. The van der Waals surface area contributed by atoms with Crippen molar-refractivity contribution in [3.8, 4) is 11.8 Å². The number of rotatable bonds is 6. The summed E-state index contributed by atoms with van der Waals surface area (Å²) in [6.45, 7) is 1.36. The number of aromatic nitrogens is 2. The molecular weight excluding hydrogens is 336 g/mol. The molecular formula is C14H16N4O5S. The van der Waals surface area contributed by atoms with Crippen LogP contribution in [0, 0.1) is 0 Å². The summed E-state index contributed by atoms with van der Waals surface area (Å²) in [6, 6.07) is 7.07. The third kappa shape index (κ3) is 4.32. The maximum atomic E-state index is 12.4. The van der Waals surface area contributed by atoms with E-state index in [1.807, 2.05) is 0 Å². The number of methoxy groups -OCH3 is 2. The van der Waals surface area contributed by atoms with Crippen molar-refractivity contribution in [2.24, 2.45) is 0 Å². The molecule has 0 fully saturated rings.